The molecule has 0 fully saturated rings. The lowest BCUT2D eigenvalue weighted by atomic mass is 10.1. The van der Waals surface area contributed by atoms with Crippen molar-refractivity contribution in [3.8, 4) is 0 Å². The van der Waals surface area contributed by atoms with E-state index in [0.717, 1.165) is 22.6 Å². The Morgan fingerprint density at radius 2 is 2.20 bits per heavy atom. The molecule has 3 aromatic heterocycles. The lowest BCUT2D eigenvalue weighted by Gasteiger charge is -2.15. The second kappa shape index (κ2) is 5.01. The molecule has 3 heterocycles. The molecule has 1 atom stereocenters. The van der Waals surface area contributed by atoms with E-state index in [-0.39, 0.29) is 6.04 Å². The van der Waals surface area contributed by atoms with Crippen LogP contribution in [0, 0.1) is 13.8 Å². The van der Waals surface area contributed by atoms with Gasteiger partial charge in [-0.15, -0.1) is 0 Å². The third kappa shape index (κ3) is 2.27. The average molecular weight is 272 g/mol. The molecule has 7 nitrogen and oxygen atoms in total. The number of nitrogens with one attached hydrogen (secondary N) is 1. The van der Waals surface area contributed by atoms with Crippen LogP contribution in [-0.4, -0.2) is 24.7 Å². The first-order valence-corrected chi connectivity index (χ1v) is 6.45. The predicted molar refractivity (Wildman–Crippen MR) is 72.0 cm³/mol. The molecule has 0 aliphatic carbocycles. The minimum Gasteiger partial charge on any atom is -0.343 e. The first-order valence-electron chi connectivity index (χ1n) is 6.45. The summed E-state index contributed by atoms with van der Waals surface area (Å²) in [5.74, 6) is 0.637. The van der Waals surface area contributed by atoms with Gasteiger partial charge in [0, 0.05) is 29.6 Å². The Morgan fingerprint density at radius 1 is 1.35 bits per heavy atom. The van der Waals surface area contributed by atoms with Crippen molar-refractivity contribution in [3.05, 3.63) is 41.4 Å². The van der Waals surface area contributed by atoms with Gasteiger partial charge in [0.25, 0.3) is 0 Å². The van der Waals surface area contributed by atoms with Gasteiger partial charge in [-0.3, -0.25) is 0 Å². The Kier molecular flexibility index (Phi) is 3.19. The van der Waals surface area contributed by atoms with Crippen LogP contribution < -0.4 is 5.32 Å². The molecule has 0 saturated heterocycles. The van der Waals surface area contributed by atoms with E-state index in [1.165, 1.54) is 6.39 Å². The minimum atomic E-state index is 0.120. The molecule has 1 N–H and O–H groups in total. The van der Waals surface area contributed by atoms with Crippen LogP contribution >= 0.6 is 0 Å². The van der Waals surface area contributed by atoms with E-state index in [2.05, 4.69) is 32.5 Å². The van der Waals surface area contributed by atoms with Gasteiger partial charge in [-0.2, -0.15) is 10.1 Å². The molecule has 0 aliphatic rings. The van der Waals surface area contributed by atoms with Gasteiger partial charge in [0.1, 0.15) is 0 Å². The van der Waals surface area contributed by atoms with Gasteiger partial charge in [0.2, 0.25) is 6.39 Å². The lowest BCUT2D eigenvalue weighted by molar-refractivity contribution is 0.405. The summed E-state index contributed by atoms with van der Waals surface area (Å²) in [6.45, 7) is 6.63. The molecule has 3 aromatic rings. The van der Waals surface area contributed by atoms with Crippen molar-refractivity contribution in [2.45, 2.75) is 33.4 Å². The molecule has 0 bridgehead atoms. The Bertz CT molecular complexity index is 718. The summed E-state index contributed by atoms with van der Waals surface area (Å²) in [7, 11) is 0. The maximum absolute atomic E-state index is 4.71. The fraction of sp³-hybridized carbons (Fsp3) is 0.385. The van der Waals surface area contributed by atoms with Gasteiger partial charge >= 0.3 is 0 Å². The zero-order valence-electron chi connectivity index (χ0n) is 11.7. The van der Waals surface area contributed by atoms with Crippen LogP contribution in [0.15, 0.2) is 23.2 Å². The topological polar surface area (TPSA) is 81.1 Å². The number of rotatable bonds is 4. The largest absolute Gasteiger partial charge is 0.343 e. The fourth-order valence-corrected chi connectivity index (χ4v) is 2.23. The van der Waals surface area contributed by atoms with Gasteiger partial charge < -0.3 is 9.84 Å². The van der Waals surface area contributed by atoms with E-state index in [4.69, 9.17) is 4.52 Å². The van der Waals surface area contributed by atoms with E-state index < -0.39 is 0 Å². The standard InChI is InChI=1S/C13H16N6O/c1-8-4-13-15-5-11(10(3)19(13)17-8)9(2)14-6-12-16-7-20-18-12/h4-5,7,9,14H,6H2,1-3H3. The van der Waals surface area contributed by atoms with Crippen LogP contribution in [0.4, 0.5) is 0 Å². The smallest absolute Gasteiger partial charge is 0.213 e. The van der Waals surface area contributed by atoms with Crippen molar-refractivity contribution in [2.24, 2.45) is 0 Å². The van der Waals surface area contributed by atoms with E-state index in [1.54, 1.807) is 0 Å². The van der Waals surface area contributed by atoms with E-state index >= 15 is 0 Å². The van der Waals surface area contributed by atoms with Crippen molar-refractivity contribution < 1.29 is 4.52 Å². The Morgan fingerprint density at radius 3 is 2.95 bits per heavy atom. The molecule has 0 aliphatic heterocycles. The monoisotopic (exact) mass is 272 g/mol. The van der Waals surface area contributed by atoms with Gasteiger partial charge in [0.05, 0.1) is 12.2 Å². The second-order valence-electron chi connectivity index (χ2n) is 4.80. The normalized spacial score (nSPS) is 12.9. The average Bonchev–Trinajstić information content (AvgIpc) is 3.05. The highest BCUT2D eigenvalue weighted by Crippen LogP contribution is 2.18. The Hall–Kier alpha value is -2.28. The Labute approximate surface area is 116 Å². The van der Waals surface area contributed by atoms with Crippen molar-refractivity contribution in [3.63, 3.8) is 0 Å². The molecule has 1 unspecified atom stereocenters. The van der Waals surface area contributed by atoms with Crippen molar-refractivity contribution in [1.82, 2.24) is 30.1 Å². The van der Waals surface area contributed by atoms with Crippen LogP contribution in [0.1, 0.15) is 35.7 Å². The number of aromatic nitrogens is 5. The number of fused-ring (bicyclic) bond motifs is 1. The van der Waals surface area contributed by atoms with Crippen LogP contribution in [0.25, 0.3) is 5.65 Å². The van der Waals surface area contributed by atoms with Gasteiger partial charge in [-0.05, 0) is 20.8 Å². The number of hydrogen-bond donors (Lipinski definition) is 1. The van der Waals surface area contributed by atoms with Crippen LogP contribution in [0.5, 0.6) is 0 Å². The molecule has 20 heavy (non-hydrogen) atoms. The summed E-state index contributed by atoms with van der Waals surface area (Å²) >= 11 is 0. The first-order chi connectivity index (χ1) is 9.65. The summed E-state index contributed by atoms with van der Waals surface area (Å²) < 4.78 is 6.58. The predicted octanol–water partition coefficient (Wildman–Crippen LogP) is 1.58. The van der Waals surface area contributed by atoms with E-state index in [0.29, 0.717) is 12.4 Å². The number of aryl methyl sites for hydroxylation is 2. The SMILES string of the molecule is Cc1cc2ncc(C(C)NCc3ncon3)c(C)n2n1. The maximum Gasteiger partial charge on any atom is 0.213 e. The number of hydrogen-bond acceptors (Lipinski definition) is 6. The molecule has 0 aromatic carbocycles. The van der Waals surface area contributed by atoms with E-state index in [1.807, 2.05) is 30.6 Å². The molecule has 0 amide bonds. The molecule has 0 spiro atoms. The summed E-state index contributed by atoms with van der Waals surface area (Å²) in [4.78, 5) is 8.42. The molecule has 7 heteroatoms. The minimum absolute atomic E-state index is 0.120. The van der Waals surface area contributed by atoms with E-state index in [9.17, 15) is 0 Å². The first kappa shape index (κ1) is 12.7. The maximum atomic E-state index is 4.71. The second-order valence-corrected chi connectivity index (χ2v) is 4.80. The highest BCUT2D eigenvalue weighted by atomic mass is 16.5. The summed E-state index contributed by atoms with van der Waals surface area (Å²) in [6.07, 6.45) is 3.22. The third-order valence-corrected chi connectivity index (χ3v) is 3.32. The Balaban J connectivity index is 1.83. The van der Waals surface area contributed by atoms with Crippen LogP contribution in [0.3, 0.4) is 0 Å². The van der Waals surface area contributed by atoms with Gasteiger partial charge in [-0.1, -0.05) is 5.16 Å². The highest BCUT2D eigenvalue weighted by Gasteiger charge is 2.13. The molecular weight excluding hydrogens is 256 g/mol. The zero-order chi connectivity index (χ0) is 14.1. The quantitative estimate of drug-likeness (QED) is 0.776. The lowest BCUT2D eigenvalue weighted by Crippen LogP contribution is -2.21. The van der Waals surface area contributed by atoms with Crippen molar-refractivity contribution >= 4 is 5.65 Å². The summed E-state index contributed by atoms with van der Waals surface area (Å²) in [5, 5.41) is 11.6. The molecule has 104 valence electrons. The van der Waals surface area contributed by atoms with Crippen molar-refractivity contribution in [1.29, 1.82) is 0 Å². The summed E-state index contributed by atoms with van der Waals surface area (Å²) in [5.41, 5.74) is 4.01. The molecular formula is C13H16N6O. The van der Waals surface area contributed by atoms with Gasteiger partial charge in [0.15, 0.2) is 11.5 Å². The summed E-state index contributed by atoms with van der Waals surface area (Å²) in [6, 6.07) is 2.09. The molecule has 3 rings (SSSR count). The molecule has 0 saturated carbocycles. The van der Waals surface area contributed by atoms with Gasteiger partial charge in [-0.25, -0.2) is 9.50 Å². The van der Waals surface area contributed by atoms with Crippen LogP contribution in [-0.2, 0) is 6.54 Å². The molecule has 0 radical (unpaired) electrons. The fourth-order valence-electron chi connectivity index (χ4n) is 2.23. The van der Waals surface area contributed by atoms with Crippen molar-refractivity contribution in [2.75, 3.05) is 0 Å². The van der Waals surface area contributed by atoms with Crippen LogP contribution in [0.2, 0.25) is 0 Å². The zero-order valence-corrected chi connectivity index (χ0v) is 11.7. The third-order valence-electron chi connectivity index (χ3n) is 3.32. The highest BCUT2D eigenvalue weighted by molar-refractivity contribution is 5.42. The number of nitrogens with zero attached hydrogens (tertiary/aromatic N) is 5.